The van der Waals surface area contributed by atoms with Crippen molar-refractivity contribution in [2.45, 2.75) is 6.92 Å². The Labute approximate surface area is 70.1 Å². The average molecular weight is 167 g/mol. The fourth-order valence-corrected chi connectivity index (χ4v) is 1.61. The van der Waals surface area contributed by atoms with E-state index in [2.05, 4.69) is 23.8 Å². The Bertz CT molecular complexity index is 275. The van der Waals surface area contributed by atoms with Gasteiger partial charge in [-0.1, -0.05) is 6.07 Å². The lowest BCUT2D eigenvalue weighted by Crippen LogP contribution is -2.05. The lowest BCUT2D eigenvalue weighted by atomic mass is 10.2. The maximum Gasteiger partial charge on any atom is 0.153 e. The molecule has 0 aromatic heterocycles. The van der Waals surface area contributed by atoms with Crippen LogP contribution in [0.5, 0.6) is 5.75 Å². The van der Waals surface area contributed by atoms with E-state index in [0.29, 0.717) is 5.94 Å². The van der Waals surface area contributed by atoms with E-state index in [-0.39, 0.29) is 0 Å². The molecule has 0 bridgehead atoms. The van der Waals surface area contributed by atoms with Gasteiger partial charge < -0.3 is 9.46 Å². The molecule has 1 aliphatic rings. The molecule has 0 spiro atoms. The highest BCUT2D eigenvalue weighted by atomic mass is 32.2. The lowest BCUT2D eigenvalue weighted by molar-refractivity contribution is 0.392. The Kier molecular flexibility index (Phi) is 1.66. The zero-order valence-corrected chi connectivity index (χ0v) is 7.07. The van der Waals surface area contributed by atoms with Gasteiger partial charge >= 0.3 is 0 Å². The van der Waals surface area contributed by atoms with E-state index in [1.54, 1.807) is 11.9 Å². The maximum atomic E-state index is 5.38. The SMILES string of the molecule is Cc1ccc2c(c1)NSCO2. The molecule has 1 heterocycles. The molecule has 0 saturated heterocycles. The smallest absolute Gasteiger partial charge is 0.153 e. The number of nitrogens with one attached hydrogen (secondary N) is 1. The Morgan fingerprint density at radius 1 is 1.55 bits per heavy atom. The molecular formula is C8H9NOS. The molecule has 1 aromatic rings. The van der Waals surface area contributed by atoms with Crippen LogP contribution in [0.1, 0.15) is 5.56 Å². The van der Waals surface area contributed by atoms with Crippen molar-refractivity contribution in [1.29, 1.82) is 0 Å². The van der Waals surface area contributed by atoms with Gasteiger partial charge in [0.2, 0.25) is 0 Å². The van der Waals surface area contributed by atoms with Crippen LogP contribution in [0, 0.1) is 6.92 Å². The van der Waals surface area contributed by atoms with Gasteiger partial charge in [-0.25, -0.2) is 0 Å². The lowest BCUT2D eigenvalue weighted by Gasteiger charge is -2.17. The summed E-state index contributed by atoms with van der Waals surface area (Å²) in [5.41, 5.74) is 2.34. The van der Waals surface area contributed by atoms with E-state index in [4.69, 9.17) is 4.74 Å². The number of hydrogen-bond donors (Lipinski definition) is 1. The maximum absolute atomic E-state index is 5.38. The molecule has 0 fully saturated rings. The van der Waals surface area contributed by atoms with Crippen molar-refractivity contribution in [3.8, 4) is 5.75 Å². The third kappa shape index (κ3) is 1.28. The van der Waals surface area contributed by atoms with Crippen molar-refractivity contribution in [1.82, 2.24) is 0 Å². The molecule has 1 N–H and O–H groups in total. The third-order valence-corrected chi connectivity index (χ3v) is 2.19. The summed E-state index contributed by atoms with van der Waals surface area (Å²) in [7, 11) is 0. The summed E-state index contributed by atoms with van der Waals surface area (Å²) in [5, 5.41) is 0. The quantitative estimate of drug-likeness (QED) is 0.599. The first kappa shape index (κ1) is 6.85. The number of aryl methyl sites for hydroxylation is 1. The molecule has 2 rings (SSSR count). The van der Waals surface area contributed by atoms with E-state index in [1.807, 2.05) is 6.07 Å². The largest absolute Gasteiger partial charge is 0.479 e. The van der Waals surface area contributed by atoms with Crippen LogP contribution in [0.15, 0.2) is 18.2 Å². The second-order valence-corrected chi connectivity index (χ2v) is 3.24. The van der Waals surface area contributed by atoms with Gasteiger partial charge in [0.25, 0.3) is 0 Å². The zero-order valence-electron chi connectivity index (χ0n) is 6.26. The number of rotatable bonds is 0. The molecule has 1 aromatic carbocycles. The summed E-state index contributed by atoms with van der Waals surface area (Å²) >= 11 is 1.57. The van der Waals surface area contributed by atoms with Gasteiger partial charge in [0, 0.05) is 0 Å². The minimum Gasteiger partial charge on any atom is -0.479 e. The molecule has 1 aliphatic heterocycles. The molecule has 0 radical (unpaired) electrons. The molecule has 0 saturated carbocycles. The standard InChI is InChI=1S/C8H9NOS/c1-6-2-3-8-7(4-6)9-11-5-10-8/h2-4,9H,5H2,1H3. The Hall–Kier alpha value is -0.830. The molecule has 58 valence electrons. The van der Waals surface area contributed by atoms with Crippen LogP contribution >= 0.6 is 11.9 Å². The van der Waals surface area contributed by atoms with Crippen LogP contribution < -0.4 is 9.46 Å². The normalized spacial score (nSPS) is 14.6. The van der Waals surface area contributed by atoms with Crippen LogP contribution in [-0.4, -0.2) is 5.94 Å². The van der Waals surface area contributed by atoms with Gasteiger partial charge in [-0.3, -0.25) is 0 Å². The van der Waals surface area contributed by atoms with Gasteiger partial charge in [-0.05, 0) is 36.6 Å². The van der Waals surface area contributed by atoms with E-state index in [9.17, 15) is 0 Å². The van der Waals surface area contributed by atoms with E-state index < -0.39 is 0 Å². The molecule has 0 amide bonds. The van der Waals surface area contributed by atoms with Crippen molar-refractivity contribution in [2.75, 3.05) is 10.7 Å². The van der Waals surface area contributed by atoms with Gasteiger partial charge in [-0.15, -0.1) is 0 Å². The van der Waals surface area contributed by atoms with Crippen molar-refractivity contribution in [3.63, 3.8) is 0 Å². The zero-order chi connectivity index (χ0) is 7.68. The third-order valence-electron chi connectivity index (χ3n) is 1.59. The number of fused-ring (bicyclic) bond motifs is 1. The second-order valence-electron chi connectivity index (χ2n) is 2.51. The number of hydrogen-bond acceptors (Lipinski definition) is 3. The van der Waals surface area contributed by atoms with E-state index in [0.717, 1.165) is 11.4 Å². The minimum atomic E-state index is 0.691. The molecule has 2 nitrogen and oxygen atoms in total. The Morgan fingerprint density at radius 2 is 2.45 bits per heavy atom. The molecule has 0 aliphatic carbocycles. The molecule has 0 atom stereocenters. The summed E-state index contributed by atoms with van der Waals surface area (Å²) < 4.78 is 8.57. The summed E-state index contributed by atoms with van der Waals surface area (Å²) in [5.74, 6) is 1.64. The highest BCUT2D eigenvalue weighted by molar-refractivity contribution is 8.00. The fourth-order valence-electron chi connectivity index (χ4n) is 1.05. The summed E-state index contributed by atoms with van der Waals surface area (Å²) in [6, 6.07) is 6.13. The van der Waals surface area contributed by atoms with Crippen LogP contribution in [0.2, 0.25) is 0 Å². The van der Waals surface area contributed by atoms with Crippen molar-refractivity contribution in [2.24, 2.45) is 0 Å². The molecule has 3 heteroatoms. The predicted molar refractivity (Wildman–Crippen MR) is 47.9 cm³/mol. The monoisotopic (exact) mass is 167 g/mol. The molecular weight excluding hydrogens is 158 g/mol. The summed E-state index contributed by atoms with van der Waals surface area (Å²) in [4.78, 5) is 0. The van der Waals surface area contributed by atoms with Crippen molar-refractivity contribution < 1.29 is 4.74 Å². The van der Waals surface area contributed by atoms with Gasteiger partial charge in [-0.2, -0.15) is 0 Å². The minimum absolute atomic E-state index is 0.691. The van der Waals surface area contributed by atoms with Crippen LogP contribution in [0.3, 0.4) is 0 Å². The van der Waals surface area contributed by atoms with Crippen LogP contribution in [0.4, 0.5) is 5.69 Å². The van der Waals surface area contributed by atoms with Crippen LogP contribution in [-0.2, 0) is 0 Å². The average Bonchev–Trinajstić information content (AvgIpc) is 2.04. The number of ether oxygens (including phenoxy) is 1. The first-order valence-corrected chi connectivity index (χ1v) is 4.46. The van der Waals surface area contributed by atoms with E-state index in [1.165, 1.54) is 5.56 Å². The fraction of sp³-hybridized carbons (Fsp3) is 0.250. The summed E-state index contributed by atoms with van der Waals surface area (Å²) in [6.45, 7) is 2.07. The predicted octanol–water partition coefficient (Wildman–Crippen LogP) is 2.41. The number of benzene rings is 1. The second kappa shape index (κ2) is 2.66. The van der Waals surface area contributed by atoms with Crippen molar-refractivity contribution in [3.05, 3.63) is 23.8 Å². The van der Waals surface area contributed by atoms with Gasteiger partial charge in [0.05, 0.1) is 5.69 Å². The summed E-state index contributed by atoms with van der Waals surface area (Å²) in [6.07, 6.45) is 0. The Balaban J connectivity index is 2.43. The molecule has 0 unspecified atom stereocenters. The van der Waals surface area contributed by atoms with Gasteiger partial charge in [0.15, 0.2) is 5.94 Å². The highest BCUT2D eigenvalue weighted by Gasteiger charge is 2.08. The van der Waals surface area contributed by atoms with Crippen molar-refractivity contribution >= 4 is 17.6 Å². The van der Waals surface area contributed by atoms with Crippen LogP contribution in [0.25, 0.3) is 0 Å². The highest BCUT2D eigenvalue weighted by Crippen LogP contribution is 2.31. The Morgan fingerprint density at radius 3 is 3.36 bits per heavy atom. The molecule has 11 heavy (non-hydrogen) atoms. The van der Waals surface area contributed by atoms with Gasteiger partial charge in [0.1, 0.15) is 5.75 Å². The number of anilines is 1. The first-order valence-electron chi connectivity index (χ1n) is 3.47. The van der Waals surface area contributed by atoms with E-state index >= 15 is 0 Å². The first-order chi connectivity index (χ1) is 5.36. The topological polar surface area (TPSA) is 21.3 Å².